The van der Waals surface area contributed by atoms with E-state index in [1.54, 1.807) is 18.5 Å². The number of pyridine rings is 1. The van der Waals surface area contributed by atoms with Crippen molar-refractivity contribution in [1.29, 1.82) is 0 Å². The third-order valence-corrected chi connectivity index (χ3v) is 2.08. The van der Waals surface area contributed by atoms with Crippen LogP contribution in [-0.2, 0) is 0 Å². The fourth-order valence-corrected chi connectivity index (χ4v) is 1.29. The maximum absolute atomic E-state index is 13.3. The molecule has 1 unspecified atom stereocenters. The predicted octanol–water partition coefficient (Wildman–Crippen LogP) is 1.06. The first-order valence-corrected chi connectivity index (χ1v) is 4.39. The molecule has 15 heavy (non-hydrogen) atoms. The van der Waals surface area contributed by atoms with E-state index in [9.17, 15) is 4.39 Å². The lowest BCUT2D eigenvalue weighted by Crippen LogP contribution is -2.14. The van der Waals surface area contributed by atoms with Crippen molar-refractivity contribution < 1.29 is 4.39 Å². The Balaban J connectivity index is 2.37. The zero-order valence-corrected chi connectivity index (χ0v) is 7.84. The molecule has 0 saturated carbocycles. The summed E-state index contributed by atoms with van der Waals surface area (Å²) in [6, 6.07) is 0.988. The normalized spacial score (nSPS) is 12.4. The number of nitrogens with zero attached hydrogens (tertiary/aromatic N) is 3. The molecule has 0 aliphatic carbocycles. The van der Waals surface area contributed by atoms with Gasteiger partial charge in [0.1, 0.15) is 12.1 Å². The van der Waals surface area contributed by atoms with Crippen LogP contribution < -0.4 is 5.73 Å². The SMILES string of the molecule is NC(c1cncnc1)c1ccncc1F. The van der Waals surface area contributed by atoms with Gasteiger partial charge in [0.25, 0.3) is 0 Å². The molecule has 0 radical (unpaired) electrons. The average molecular weight is 204 g/mol. The van der Waals surface area contributed by atoms with Crippen molar-refractivity contribution in [1.82, 2.24) is 15.0 Å². The standard InChI is InChI=1S/C10H9FN4/c11-9-5-13-2-1-8(9)10(12)7-3-14-6-15-4-7/h1-6,10H,12H2. The molecule has 0 bridgehead atoms. The predicted molar refractivity (Wildman–Crippen MR) is 52.3 cm³/mol. The Kier molecular flexibility index (Phi) is 2.64. The van der Waals surface area contributed by atoms with Crippen molar-refractivity contribution in [2.45, 2.75) is 6.04 Å². The maximum Gasteiger partial charge on any atom is 0.146 e. The molecule has 0 saturated heterocycles. The molecule has 0 spiro atoms. The lowest BCUT2D eigenvalue weighted by molar-refractivity contribution is 0.592. The van der Waals surface area contributed by atoms with E-state index in [0.717, 1.165) is 6.20 Å². The highest BCUT2D eigenvalue weighted by molar-refractivity contribution is 5.27. The molecule has 2 aromatic heterocycles. The Morgan fingerprint density at radius 2 is 1.87 bits per heavy atom. The van der Waals surface area contributed by atoms with Gasteiger partial charge in [0.05, 0.1) is 12.2 Å². The first kappa shape index (κ1) is 9.67. The minimum absolute atomic E-state index is 0.389. The van der Waals surface area contributed by atoms with Gasteiger partial charge in [-0.1, -0.05) is 0 Å². The van der Waals surface area contributed by atoms with E-state index in [0.29, 0.717) is 11.1 Å². The van der Waals surface area contributed by atoms with Crippen LogP contribution in [0.2, 0.25) is 0 Å². The number of nitrogens with two attached hydrogens (primary N) is 1. The van der Waals surface area contributed by atoms with Gasteiger partial charge in [-0.25, -0.2) is 14.4 Å². The van der Waals surface area contributed by atoms with E-state index in [4.69, 9.17) is 5.73 Å². The van der Waals surface area contributed by atoms with E-state index in [1.807, 2.05) is 0 Å². The Labute approximate surface area is 86.0 Å². The van der Waals surface area contributed by atoms with Crippen molar-refractivity contribution in [3.8, 4) is 0 Å². The van der Waals surface area contributed by atoms with Crippen LogP contribution in [0.15, 0.2) is 37.2 Å². The molecule has 2 heterocycles. The monoisotopic (exact) mass is 204 g/mol. The summed E-state index contributed by atoms with van der Waals surface area (Å²) in [5.41, 5.74) is 6.93. The Morgan fingerprint density at radius 1 is 1.13 bits per heavy atom. The van der Waals surface area contributed by atoms with Crippen LogP contribution in [-0.4, -0.2) is 15.0 Å². The summed E-state index contributed by atoms with van der Waals surface area (Å²) >= 11 is 0. The Bertz CT molecular complexity index is 446. The van der Waals surface area contributed by atoms with Crippen LogP contribution in [0, 0.1) is 5.82 Å². The minimum Gasteiger partial charge on any atom is -0.320 e. The fourth-order valence-electron chi connectivity index (χ4n) is 1.29. The first-order valence-electron chi connectivity index (χ1n) is 4.39. The molecule has 0 aliphatic heterocycles. The molecule has 2 N–H and O–H groups in total. The summed E-state index contributed by atoms with van der Waals surface area (Å²) in [7, 11) is 0. The van der Waals surface area contributed by atoms with Crippen molar-refractivity contribution >= 4 is 0 Å². The zero-order valence-electron chi connectivity index (χ0n) is 7.84. The lowest BCUT2D eigenvalue weighted by atomic mass is 10.0. The van der Waals surface area contributed by atoms with Gasteiger partial charge >= 0.3 is 0 Å². The van der Waals surface area contributed by atoms with Crippen LogP contribution >= 0.6 is 0 Å². The highest BCUT2D eigenvalue weighted by Crippen LogP contribution is 2.19. The number of hydrogen-bond donors (Lipinski definition) is 1. The van der Waals surface area contributed by atoms with E-state index < -0.39 is 11.9 Å². The molecule has 0 aromatic carbocycles. The van der Waals surface area contributed by atoms with Crippen molar-refractivity contribution in [3.05, 3.63) is 54.1 Å². The molecule has 2 rings (SSSR count). The smallest absolute Gasteiger partial charge is 0.146 e. The second-order valence-corrected chi connectivity index (χ2v) is 3.05. The lowest BCUT2D eigenvalue weighted by Gasteiger charge is -2.11. The molecule has 1 atom stereocenters. The number of hydrogen-bond acceptors (Lipinski definition) is 4. The minimum atomic E-state index is -0.561. The fraction of sp³-hybridized carbons (Fsp3) is 0.100. The van der Waals surface area contributed by atoms with E-state index >= 15 is 0 Å². The first-order chi connectivity index (χ1) is 7.29. The number of rotatable bonds is 2. The molecule has 0 fully saturated rings. The second-order valence-electron chi connectivity index (χ2n) is 3.05. The summed E-state index contributed by atoms with van der Waals surface area (Å²) in [5, 5.41) is 0. The summed E-state index contributed by atoms with van der Waals surface area (Å²) in [5.74, 6) is -0.422. The summed E-state index contributed by atoms with van der Waals surface area (Å²) in [6.07, 6.45) is 7.18. The van der Waals surface area contributed by atoms with Gasteiger partial charge in [-0.15, -0.1) is 0 Å². The quantitative estimate of drug-likeness (QED) is 0.794. The molecule has 2 aromatic rings. The molecular formula is C10H9FN4. The van der Waals surface area contributed by atoms with Gasteiger partial charge < -0.3 is 5.73 Å². The highest BCUT2D eigenvalue weighted by Gasteiger charge is 2.13. The zero-order chi connectivity index (χ0) is 10.7. The Morgan fingerprint density at radius 3 is 2.53 bits per heavy atom. The molecule has 4 nitrogen and oxygen atoms in total. The Hall–Kier alpha value is -1.88. The maximum atomic E-state index is 13.3. The largest absolute Gasteiger partial charge is 0.320 e. The molecule has 0 aliphatic rings. The summed E-state index contributed by atoms with van der Waals surface area (Å²) < 4.78 is 13.3. The van der Waals surface area contributed by atoms with Gasteiger partial charge in [0, 0.05) is 29.7 Å². The summed E-state index contributed by atoms with van der Waals surface area (Å²) in [4.78, 5) is 11.3. The van der Waals surface area contributed by atoms with Gasteiger partial charge in [-0.05, 0) is 6.07 Å². The van der Waals surface area contributed by atoms with Crippen LogP contribution in [0.3, 0.4) is 0 Å². The van der Waals surface area contributed by atoms with Crippen LogP contribution in [0.4, 0.5) is 4.39 Å². The third-order valence-electron chi connectivity index (χ3n) is 2.08. The topological polar surface area (TPSA) is 64.7 Å². The summed E-state index contributed by atoms with van der Waals surface area (Å²) in [6.45, 7) is 0. The highest BCUT2D eigenvalue weighted by atomic mass is 19.1. The molecular weight excluding hydrogens is 195 g/mol. The third kappa shape index (κ3) is 1.97. The van der Waals surface area contributed by atoms with Gasteiger partial charge in [-0.2, -0.15) is 0 Å². The average Bonchev–Trinajstić information content (AvgIpc) is 2.30. The molecule has 76 valence electrons. The van der Waals surface area contributed by atoms with Gasteiger partial charge in [0.15, 0.2) is 0 Å². The van der Waals surface area contributed by atoms with Crippen molar-refractivity contribution in [2.24, 2.45) is 5.73 Å². The van der Waals surface area contributed by atoms with Crippen LogP contribution in [0.5, 0.6) is 0 Å². The number of aromatic nitrogens is 3. The molecule has 5 heteroatoms. The van der Waals surface area contributed by atoms with Crippen LogP contribution in [0.25, 0.3) is 0 Å². The van der Waals surface area contributed by atoms with E-state index in [-0.39, 0.29) is 0 Å². The van der Waals surface area contributed by atoms with E-state index in [1.165, 1.54) is 12.5 Å². The number of halogens is 1. The van der Waals surface area contributed by atoms with Crippen molar-refractivity contribution in [2.75, 3.05) is 0 Å². The van der Waals surface area contributed by atoms with Gasteiger partial charge in [-0.3, -0.25) is 4.98 Å². The second kappa shape index (κ2) is 4.10. The van der Waals surface area contributed by atoms with Crippen LogP contribution in [0.1, 0.15) is 17.2 Å². The molecule has 0 amide bonds. The van der Waals surface area contributed by atoms with E-state index in [2.05, 4.69) is 15.0 Å². The van der Waals surface area contributed by atoms with Crippen molar-refractivity contribution in [3.63, 3.8) is 0 Å². The van der Waals surface area contributed by atoms with Gasteiger partial charge in [0.2, 0.25) is 0 Å².